The van der Waals surface area contributed by atoms with E-state index in [0.717, 1.165) is 6.42 Å². The maximum Gasteiger partial charge on any atom is 0.227 e. The van der Waals surface area contributed by atoms with E-state index in [2.05, 4.69) is 10.6 Å². The molecule has 0 unspecified atom stereocenters. The van der Waals surface area contributed by atoms with E-state index in [9.17, 15) is 9.59 Å². The van der Waals surface area contributed by atoms with Gasteiger partial charge >= 0.3 is 0 Å². The van der Waals surface area contributed by atoms with Crippen LogP contribution in [0.15, 0.2) is 24.3 Å². The van der Waals surface area contributed by atoms with Crippen molar-refractivity contribution in [2.75, 3.05) is 10.6 Å². The molecule has 1 aromatic carbocycles. The molecule has 0 fully saturated rings. The number of hydrogen-bond donors (Lipinski definition) is 2. The third-order valence-corrected chi connectivity index (χ3v) is 2.79. The van der Waals surface area contributed by atoms with Gasteiger partial charge in [0.25, 0.3) is 0 Å². The number of carbonyl (C=O) groups excluding carboxylic acids is 2. The fourth-order valence-corrected chi connectivity index (χ4v) is 1.37. The molecule has 0 saturated heterocycles. The lowest BCUT2D eigenvalue weighted by atomic mass is 10.1. The van der Waals surface area contributed by atoms with Gasteiger partial charge in [0.2, 0.25) is 11.8 Å². The molecule has 0 aliphatic carbocycles. The molecule has 4 nitrogen and oxygen atoms in total. The van der Waals surface area contributed by atoms with Gasteiger partial charge in [0.15, 0.2) is 0 Å². The predicted octanol–water partition coefficient (Wildman–Crippen LogP) is 3.02. The lowest BCUT2D eigenvalue weighted by Gasteiger charge is -2.11. The van der Waals surface area contributed by atoms with Crippen molar-refractivity contribution in [1.29, 1.82) is 0 Å². The van der Waals surface area contributed by atoms with Gasteiger partial charge in [-0.2, -0.15) is 0 Å². The highest BCUT2D eigenvalue weighted by Gasteiger charge is 2.10. The molecule has 0 spiro atoms. The lowest BCUT2D eigenvalue weighted by molar-refractivity contribution is -0.119. The Morgan fingerprint density at radius 2 is 1.78 bits per heavy atom. The number of anilines is 2. The van der Waals surface area contributed by atoms with Crippen LogP contribution in [0.1, 0.15) is 33.6 Å². The largest absolute Gasteiger partial charge is 0.326 e. The molecular formula is C14H20N2O2. The van der Waals surface area contributed by atoms with Crippen LogP contribution in [0.3, 0.4) is 0 Å². The summed E-state index contributed by atoms with van der Waals surface area (Å²) in [6.45, 7) is 5.66. The molecule has 18 heavy (non-hydrogen) atoms. The van der Waals surface area contributed by atoms with E-state index in [4.69, 9.17) is 0 Å². The van der Waals surface area contributed by atoms with E-state index in [1.807, 2.05) is 19.9 Å². The number of rotatable bonds is 5. The van der Waals surface area contributed by atoms with Gasteiger partial charge in [0, 0.05) is 23.7 Å². The van der Waals surface area contributed by atoms with Gasteiger partial charge in [-0.3, -0.25) is 9.59 Å². The summed E-state index contributed by atoms with van der Waals surface area (Å²) in [5, 5.41) is 5.59. The van der Waals surface area contributed by atoms with Gasteiger partial charge in [0.1, 0.15) is 0 Å². The molecule has 0 aliphatic rings. The summed E-state index contributed by atoms with van der Waals surface area (Å²) in [4.78, 5) is 23.0. The SMILES string of the molecule is CCC(=O)Nc1cccc(NC(=O)[C@H](C)CC)c1. The molecule has 0 aromatic heterocycles. The first kappa shape index (κ1) is 14.2. The van der Waals surface area contributed by atoms with Gasteiger partial charge in [-0.1, -0.05) is 26.8 Å². The molecule has 0 bridgehead atoms. The highest BCUT2D eigenvalue weighted by molar-refractivity contribution is 5.94. The molecule has 0 aliphatic heterocycles. The minimum atomic E-state index is -0.0413. The Kier molecular flexibility index (Phi) is 5.36. The molecule has 0 heterocycles. The monoisotopic (exact) mass is 248 g/mol. The minimum Gasteiger partial charge on any atom is -0.326 e. The predicted molar refractivity (Wildman–Crippen MR) is 73.4 cm³/mol. The first-order valence-corrected chi connectivity index (χ1v) is 6.27. The van der Waals surface area contributed by atoms with Gasteiger partial charge in [-0.05, 0) is 24.6 Å². The standard InChI is InChI=1S/C14H20N2O2/c1-4-10(3)14(18)16-12-8-6-7-11(9-12)15-13(17)5-2/h6-10H,4-5H2,1-3H3,(H,15,17)(H,16,18)/t10-/m1/s1. The molecule has 98 valence electrons. The number of hydrogen-bond acceptors (Lipinski definition) is 2. The Morgan fingerprint density at radius 3 is 2.33 bits per heavy atom. The van der Waals surface area contributed by atoms with Crippen LogP contribution in [0.25, 0.3) is 0 Å². The number of carbonyl (C=O) groups is 2. The van der Waals surface area contributed by atoms with Crippen LogP contribution in [0.2, 0.25) is 0 Å². The summed E-state index contributed by atoms with van der Waals surface area (Å²) in [6.07, 6.45) is 1.24. The molecule has 1 rings (SSSR count). The highest BCUT2D eigenvalue weighted by Crippen LogP contribution is 2.16. The summed E-state index contributed by atoms with van der Waals surface area (Å²) in [5.74, 6) is -0.0595. The van der Waals surface area contributed by atoms with Gasteiger partial charge in [0.05, 0.1) is 0 Å². The first-order chi connectivity index (χ1) is 8.56. The maximum atomic E-state index is 11.7. The second-order valence-electron chi connectivity index (χ2n) is 4.28. The summed E-state index contributed by atoms with van der Waals surface area (Å²) >= 11 is 0. The lowest BCUT2D eigenvalue weighted by Crippen LogP contribution is -2.19. The summed E-state index contributed by atoms with van der Waals surface area (Å²) < 4.78 is 0. The zero-order valence-electron chi connectivity index (χ0n) is 11.1. The van der Waals surface area contributed by atoms with Crippen LogP contribution < -0.4 is 10.6 Å². The summed E-state index contributed by atoms with van der Waals surface area (Å²) in [7, 11) is 0. The number of benzene rings is 1. The fraction of sp³-hybridized carbons (Fsp3) is 0.429. The quantitative estimate of drug-likeness (QED) is 0.841. The molecule has 2 N–H and O–H groups in total. The Balaban J connectivity index is 2.70. The van der Waals surface area contributed by atoms with Crippen LogP contribution in [0.4, 0.5) is 11.4 Å². The number of amides is 2. The second kappa shape index (κ2) is 6.79. The Labute approximate surface area is 108 Å². The molecular weight excluding hydrogens is 228 g/mol. The maximum absolute atomic E-state index is 11.7. The van der Waals surface area contributed by atoms with Crippen LogP contribution >= 0.6 is 0 Å². The van der Waals surface area contributed by atoms with E-state index >= 15 is 0 Å². The zero-order chi connectivity index (χ0) is 13.5. The van der Waals surface area contributed by atoms with E-state index in [1.165, 1.54) is 0 Å². The third-order valence-electron chi connectivity index (χ3n) is 2.79. The summed E-state index contributed by atoms with van der Waals surface area (Å²) in [5.41, 5.74) is 1.40. The van der Waals surface area contributed by atoms with Crippen molar-refractivity contribution in [2.24, 2.45) is 5.92 Å². The molecule has 0 saturated carbocycles. The van der Waals surface area contributed by atoms with Crippen molar-refractivity contribution >= 4 is 23.2 Å². The van der Waals surface area contributed by atoms with Crippen LogP contribution in [-0.2, 0) is 9.59 Å². The Hall–Kier alpha value is -1.84. The van der Waals surface area contributed by atoms with Crippen LogP contribution in [-0.4, -0.2) is 11.8 Å². The fourth-order valence-electron chi connectivity index (χ4n) is 1.37. The minimum absolute atomic E-state index is 0.00327. The van der Waals surface area contributed by atoms with Gasteiger partial charge < -0.3 is 10.6 Å². The normalized spacial score (nSPS) is 11.7. The van der Waals surface area contributed by atoms with Crippen molar-refractivity contribution < 1.29 is 9.59 Å². The second-order valence-corrected chi connectivity index (χ2v) is 4.28. The average Bonchev–Trinajstić information content (AvgIpc) is 2.37. The van der Waals surface area contributed by atoms with E-state index < -0.39 is 0 Å². The molecule has 1 aromatic rings. The smallest absolute Gasteiger partial charge is 0.227 e. The van der Waals surface area contributed by atoms with Crippen molar-refractivity contribution in [3.63, 3.8) is 0 Å². The molecule has 4 heteroatoms. The zero-order valence-corrected chi connectivity index (χ0v) is 11.1. The van der Waals surface area contributed by atoms with Gasteiger partial charge in [-0.15, -0.1) is 0 Å². The topological polar surface area (TPSA) is 58.2 Å². The number of nitrogens with one attached hydrogen (secondary N) is 2. The van der Waals surface area contributed by atoms with Crippen LogP contribution in [0.5, 0.6) is 0 Å². The molecule has 2 amide bonds. The van der Waals surface area contributed by atoms with E-state index in [0.29, 0.717) is 17.8 Å². The van der Waals surface area contributed by atoms with Crippen molar-refractivity contribution in [3.05, 3.63) is 24.3 Å². The van der Waals surface area contributed by atoms with Crippen molar-refractivity contribution in [2.45, 2.75) is 33.6 Å². The van der Waals surface area contributed by atoms with Crippen LogP contribution in [0, 0.1) is 5.92 Å². The highest BCUT2D eigenvalue weighted by atomic mass is 16.2. The van der Waals surface area contributed by atoms with Gasteiger partial charge in [-0.25, -0.2) is 0 Å². The third kappa shape index (κ3) is 4.20. The molecule has 0 radical (unpaired) electrons. The van der Waals surface area contributed by atoms with E-state index in [-0.39, 0.29) is 17.7 Å². The van der Waals surface area contributed by atoms with E-state index in [1.54, 1.807) is 25.1 Å². The Morgan fingerprint density at radius 1 is 1.17 bits per heavy atom. The van der Waals surface area contributed by atoms with Crippen molar-refractivity contribution in [1.82, 2.24) is 0 Å². The Bertz CT molecular complexity index is 430. The first-order valence-electron chi connectivity index (χ1n) is 6.27. The average molecular weight is 248 g/mol. The molecule has 1 atom stereocenters. The van der Waals surface area contributed by atoms with Crippen molar-refractivity contribution in [3.8, 4) is 0 Å². The summed E-state index contributed by atoms with van der Waals surface area (Å²) in [6, 6.07) is 7.17.